The van der Waals surface area contributed by atoms with Crippen LogP contribution in [0.3, 0.4) is 0 Å². The Labute approximate surface area is 159 Å². The SMILES string of the molecule is O=C([C@H]1NCC[C@@H]1c1ccccc1)N1CCC2(CC1)OCCc1cn[nH]c12. The van der Waals surface area contributed by atoms with Gasteiger partial charge in [0.2, 0.25) is 5.91 Å². The number of piperidine rings is 1. The topological polar surface area (TPSA) is 70.2 Å². The molecule has 6 heteroatoms. The van der Waals surface area contributed by atoms with Gasteiger partial charge in [0.1, 0.15) is 5.60 Å². The molecular weight excluding hydrogens is 340 g/mol. The highest BCUT2D eigenvalue weighted by Gasteiger charge is 2.45. The van der Waals surface area contributed by atoms with Crippen molar-refractivity contribution in [3.8, 4) is 0 Å². The molecule has 2 N–H and O–H groups in total. The van der Waals surface area contributed by atoms with E-state index < -0.39 is 0 Å². The molecule has 2 aromatic rings. The van der Waals surface area contributed by atoms with E-state index in [2.05, 4.69) is 39.8 Å². The quantitative estimate of drug-likeness (QED) is 0.852. The van der Waals surface area contributed by atoms with Gasteiger partial charge in [-0.25, -0.2) is 0 Å². The van der Waals surface area contributed by atoms with Crippen LogP contribution in [-0.4, -0.2) is 53.3 Å². The minimum Gasteiger partial charge on any atom is -0.368 e. The molecule has 0 saturated carbocycles. The monoisotopic (exact) mass is 366 g/mol. The Morgan fingerprint density at radius 3 is 2.85 bits per heavy atom. The molecule has 0 radical (unpaired) electrons. The summed E-state index contributed by atoms with van der Waals surface area (Å²) in [5.41, 5.74) is 3.36. The van der Waals surface area contributed by atoms with Crippen molar-refractivity contribution in [1.29, 1.82) is 0 Å². The highest BCUT2D eigenvalue weighted by Crippen LogP contribution is 2.40. The van der Waals surface area contributed by atoms with E-state index in [0.717, 1.165) is 57.6 Å². The maximum Gasteiger partial charge on any atom is 0.240 e. The Hall–Kier alpha value is -2.18. The Balaban J connectivity index is 1.30. The zero-order valence-electron chi connectivity index (χ0n) is 15.5. The second kappa shape index (κ2) is 6.77. The van der Waals surface area contributed by atoms with Crippen LogP contribution < -0.4 is 5.32 Å². The standard InChI is InChI=1S/C21H26N4O2/c26-20(18-17(6-10-22-18)15-4-2-1-3-5-15)25-11-8-21(9-12-25)19-16(7-13-27-21)14-23-24-19/h1-5,14,17-18,22H,6-13H2,(H,23,24)/t17-,18+/m1/s1. The van der Waals surface area contributed by atoms with Gasteiger partial charge in [0.15, 0.2) is 0 Å². The van der Waals surface area contributed by atoms with E-state index in [4.69, 9.17) is 4.74 Å². The van der Waals surface area contributed by atoms with E-state index in [0.29, 0.717) is 0 Å². The molecule has 1 aromatic heterocycles. The number of rotatable bonds is 2. The van der Waals surface area contributed by atoms with Crippen LogP contribution in [0, 0.1) is 0 Å². The van der Waals surface area contributed by atoms with Gasteiger partial charge in [0.25, 0.3) is 0 Å². The molecule has 2 atom stereocenters. The molecule has 4 heterocycles. The molecule has 2 saturated heterocycles. The van der Waals surface area contributed by atoms with Crippen molar-refractivity contribution in [2.45, 2.75) is 43.2 Å². The first-order valence-corrected chi connectivity index (χ1v) is 10.0. The van der Waals surface area contributed by atoms with Crippen molar-refractivity contribution in [2.24, 2.45) is 0 Å². The zero-order valence-corrected chi connectivity index (χ0v) is 15.5. The van der Waals surface area contributed by atoms with Crippen molar-refractivity contribution < 1.29 is 9.53 Å². The lowest BCUT2D eigenvalue weighted by Crippen LogP contribution is -2.53. The van der Waals surface area contributed by atoms with Crippen LogP contribution in [0.1, 0.15) is 42.0 Å². The molecule has 3 aliphatic rings. The van der Waals surface area contributed by atoms with Crippen LogP contribution in [0.25, 0.3) is 0 Å². The Morgan fingerprint density at radius 2 is 2.04 bits per heavy atom. The van der Waals surface area contributed by atoms with Crippen molar-refractivity contribution in [3.63, 3.8) is 0 Å². The number of aromatic amines is 1. The average Bonchev–Trinajstić information content (AvgIpc) is 3.39. The predicted molar refractivity (Wildman–Crippen MR) is 101 cm³/mol. The van der Waals surface area contributed by atoms with E-state index in [1.54, 1.807) is 0 Å². The van der Waals surface area contributed by atoms with E-state index in [-0.39, 0.29) is 23.5 Å². The van der Waals surface area contributed by atoms with Gasteiger partial charge in [-0.3, -0.25) is 9.89 Å². The van der Waals surface area contributed by atoms with Gasteiger partial charge in [-0.2, -0.15) is 5.10 Å². The number of H-pyrrole nitrogens is 1. The van der Waals surface area contributed by atoms with Crippen LogP contribution in [0.15, 0.2) is 36.5 Å². The molecule has 0 aliphatic carbocycles. The summed E-state index contributed by atoms with van der Waals surface area (Å²) in [6.07, 6.45) is 5.51. The molecule has 6 nitrogen and oxygen atoms in total. The summed E-state index contributed by atoms with van der Waals surface area (Å²) in [7, 11) is 0. The molecule has 0 unspecified atom stereocenters. The molecule has 1 amide bonds. The number of benzene rings is 1. The number of likely N-dealkylation sites (tertiary alicyclic amines) is 1. The fourth-order valence-corrected chi connectivity index (χ4v) is 5.03. The van der Waals surface area contributed by atoms with Gasteiger partial charge in [-0.15, -0.1) is 0 Å². The summed E-state index contributed by atoms with van der Waals surface area (Å²) in [6.45, 7) is 3.10. The molecule has 5 rings (SSSR count). The van der Waals surface area contributed by atoms with Crippen LogP contribution in [0.2, 0.25) is 0 Å². The van der Waals surface area contributed by atoms with Crippen molar-refractivity contribution in [2.75, 3.05) is 26.2 Å². The van der Waals surface area contributed by atoms with E-state index in [9.17, 15) is 4.79 Å². The first kappa shape index (κ1) is 17.0. The van der Waals surface area contributed by atoms with Gasteiger partial charge in [-0.05, 0) is 43.4 Å². The lowest BCUT2D eigenvalue weighted by Gasteiger charge is -2.44. The van der Waals surface area contributed by atoms with E-state index in [1.165, 1.54) is 11.1 Å². The van der Waals surface area contributed by atoms with Gasteiger partial charge >= 0.3 is 0 Å². The average molecular weight is 366 g/mol. The Bertz CT molecular complexity index is 811. The number of aromatic nitrogens is 2. The summed E-state index contributed by atoms with van der Waals surface area (Å²) in [5, 5.41) is 10.8. The molecule has 142 valence electrons. The lowest BCUT2D eigenvalue weighted by atomic mass is 9.83. The van der Waals surface area contributed by atoms with Gasteiger partial charge < -0.3 is 15.0 Å². The number of nitrogens with one attached hydrogen (secondary N) is 2. The first-order valence-electron chi connectivity index (χ1n) is 10.0. The molecule has 3 aliphatic heterocycles. The van der Waals surface area contributed by atoms with Crippen LogP contribution in [-0.2, 0) is 21.6 Å². The van der Waals surface area contributed by atoms with Crippen molar-refractivity contribution >= 4 is 5.91 Å². The third-order valence-corrected chi connectivity index (χ3v) is 6.52. The smallest absolute Gasteiger partial charge is 0.240 e. The minimum absolute atomic E-state index is 0.114. The number of nitrogens with zero attached hydrogens (tertiary/aromatic N) is 2. The summed E-state index contributed by atoms with van der Waals surface area (Å²) in [5.74, 6) is 0.497. The molecule has 1 aromatic carbocycles. The number of hydrogen-bond acceptors (Lipinski definition) is 4. The van der Waals surface area contributed by atoms with Gasteiger partial charge in [0.05, 0.1) is 24.5 Å². The number of amides is 1. The van der Waals surface area contributed by atoms with Crippen LogP contribution >= 0.6 is 0 Å². The Kier molecular flexibility index (Phi) is 4.25. The van der Waals surface area contributed by atoms with Crippen molar-refractivity contribution in [3.05, 3.63) is 53.3 Å². The normalized spacial score (nSPS) is 26.9. The third-order valence-electron chi connectivity index (χ3n) is 6.52. The minimum atomic E-state index is -0.289. The largest absolute Gasteiger partial charge is 0.368 e. The molecule has 27 heavy (non-hydrogen) atoms. The molecule has 2 fully saturated rings. The fourth-order valence-electron chi connectivity index (χ4n) is 5.03. The Morgan fingerprint density at radius 1 is 1.22 bits per heavy atom. The third kappa shape index (κ3) is 2.87. The summed E-state index contributed by atoms with van der Waals surface area (Å²) in [4.78, 5) is 15.3. The molecule has 0 bridgehead atoms. The number of carbonyl (C=O) groups excluding carboxylic acids is 1. The fraction of sp³-hybridized carbons (Fsp3) is 0.524. The summed E-state index contributed by atoms with van der Waals surface area (Å²) in [6, 6.07) is 10.3. The number of hydrogen-bond donors (Lipinski definition) is 2. The first-order chi connectivity index (χ1) is 13.3. The summed E-state index contributed by atoms with van der Waals surface area (Å²) >= 11 is 0. The van der Waals surface area contributed by atoms with Crippen LogP contribution in [0.5, 0.6) is 0 Å². The second-order valence-electron chi connectivity index (χ2n) is 7.93. The van der Waals surface area contributed by atoms with Gasteiger partial charge in [-0.1, -0.05) is 30.3 Å². The molecular formula is C21H26N4O2. The number of ether oxygens (including phenoxy) is 1. The van der Waals surface area contributed by atoms with E-state index in [1.807, 2.05) is 17.2 Å². The highest BCUT2D eigenvalue weighted by molar-refractivity contribution is 5.83. The number of fused-ring (bicyclic) bond motifs is 2. The second-order valence-corrected chi connectivity index (χ2v) is 7.93. The maximum absolute atomic E-state index is 13.3. The number of carbonyl (C=O) groups is 1. The zero-order chi connectivity index (χ0) is 18.3. The summed E-state index contributed by atoms with van der Waals surface area (Å²) < 4.78 is 6.21. The maximum atomic E-state index is 13.3. The highest BCUT2D eigenvalue weighted by atomic mass is 16.5. The lowest BCUT2D eigenvalue weighted by molar-refractivity contribution is -0.143. The van der Waals surface area contributed by atoms with Gasteiger partial charge in [0, 0.05) is 19.0 Å². The van der Waals surface area contributed by atoms with Crippen LogP contribution in [0.4, 0.5) is 0 Å². The predicted octanol–water partition coefficient (Wildman–Crippen LogP) is 1.95. The van der Waals surface area contributed by atoms with E-state index >= 15 is 0 Å². The molecule has 1 spiro atoms. The van der Waals surface area contributed by atoms with Crippen molar-refractivity contribution in [1.82, 2.24) is 20.4 Å².